The number of benzene rings is 2. The number of carbonyl (C=O) groups excluding carboxylic acids is 1. The van der Waals surface area contributed by atoms with Gasteiger partial charge in [-0.2, -0.15) is 13.2 Å². The molecule has 5 rings (SSSR count). The third-order valence-corrected chi connectivity index (χ3v) is 6.81. The van der Waals surface area contributed by atoms with Crippen molar-refractivity contribution in [2.45, 2.75) is 25.2 Å². The van der Waals surface area contributed by atoms with Crippen LogP contribution in [0.1, 0.15) is 16.9 Å². The van der Waals surface area contributed by atoms with E-state index in [4.69, 9.17) is 9.15 Å². The van der Waals surface area contributed by atoms with Gasteiger partial charge in [-0.25, -0.2) is 0 Å². The van der Waals surface area contributed by atoms with Crippen LogP contribution in [0.2, 0.25) is 0 Å². The lowest BCUT2D eigenvalue weighted by atomic mass is 9.82. The highest BCUT2D eigenvalue weighted by molar-refractivity contribution is 5.82. The van der Waals surface area contributed by atoms with Crippen LogP contribution in [0.3, 0.4) is 0 Å². The first-order valence-corrected chi connectivity index (χ1v) is 11.5. The van der Waals surface area contributed by atoms with Crippen molar-refractivity contribution >= 4 is 17.3 Å². The average Bonchev–Trinajstić information content (AvgIpc) is 3.39. The first-order chi connectivity index (χ1) is 16.8. The van der Waals surface area contributed by atoms with Crippen LogP contribution in [-0.2, 0) is 23.9 Å². The zero-order valence-corrected chi connectivity index (χ0v) is 19.2. The fraction of sp³-hybridized carbons (Fsp3) is 0.346. The molecule has 0 aliphatic carbocycles. The number of hydrogen-bond acceptors (Lipinski definition) is 5. The Hall–Kier alpha value is -3.62. The van der Waals surface area contributed by atoms with E-state index in [0.717, 1.165) is 23.2 Å². The number of alkyl halides is 3. The molecule has 2 aliphatic heterocycles. The van der Waals surface area contributed by atoms with Crippen LogP contribution in [-0.4, -0.2) is 38.7 Å². The first-order valence-electron chi connectivity index (χ1n) is 11.5. The Morgan fingerprint density at radius 3 is 2.74 bits per heavy atom. The largest absolute Gasteiger partial charge is 0.497 e. The number of fused-ring (bicyclic) bond motifs is 3. The zero-order valence-electron chi connectivity index (χ0n) is 19.2. The van der Waals surface area contributed by atoms with E-state index in [-0.39, 0.29) is 24.9 Å². The molecule has 1 aromatic heterocycles. The molecule has 9 heteroatoms. The third kappa shape index (κ3) is 4.67. The molecule has 1 saturated heterocycles. The molecule has 2 aromatic carbocycles. The molecule has 2 aliphatic rings. The van der Waals surface area contributed by atoms with E-state index in [0.29, 0.717) is 31.0 Å². The van der Waals surface area contributed by atoms with Crippen LogP contribution in [0.25, 0.3) is 0 Å². The zero-order chi connectivity index (χ0) is 24.6. The maximum atomic E-state index is 13.4. The van der Waals surface area contributed by atoms with E-state index >= 15 is 0 Å². The lowest BCUT2D eigenvalue weighted by Gasteiger charge is -2.49. The topological polar surface area (TPSA) is 58.0 Å². The Bertz CT molecular complexity index is 1200. The van der Waals surface area contributed by atoms with Crippen molar-refractivity contribution in [2.75, 3.05) is 36.5 Å². The van der Waals surface area contributed by atoms with E-state index in [2.05, 4.69) is 15.1 Å². The molecule has 35 heavy (non-hydrogen) atoms. The van der Waals surface area contributed by atoms with Crippen molar-refractivity contribution in [3.63, 3.8) is 0 Å². The monoisotopic (exact) mass is 485 g/mol. The molecule has 6 nitrogen and oxygen atoms in total. The molecule has 0 saturated carbocycles. The number of anilines is 2. The predicted molar refractivity (Wildman–Crippen MR) is 126 cm³/mol. The fourth-order valence-corrected chi connectivity index (χ4v) is 5.06. The number of halogens is 3. The van der Waals surface area contributed by atoms with Gasteiger partial charge >= 0.3 is 6.18 Å². The van der Waals surface area contributed by atoms with Gasteiger partial charge in [-0.3, -0.25) is 4.79 Å². The molecule has 3 aromatic rings. The van der Waals surface area contributed by atoms with Gasteiger partial charge in [-0.1, -0.05) is 6.07 Å². The summed E-state index contributed by atoms with van der Waals surface area (Å²) in [6, 6.07) is 14.9. The summed E-state index contributed by atoms with van der Waals surface area (Å²) in [7, 11) is 1.61. The smallest absolute Gasteiger partial charge is 0.416 e. The van der Waals surface area contributed by atoms with E-state index in [1.807, 2.05) is 24.3 Å². The van der Waals surface area contributed by atoms with Gasteiger partial charge in [0.25, 0.3) is 0 Å². The Kier molecular flexibility index (Phi) is 6.08. The average molecular weight is 486 g/mol. The number of methoxy groups -OCH3 is 1. The van der Waals surface area contributed by atoms with Crippen molar-refractivity contribution in [3.05, 3.63) is 77.7 Å². The molecule has 3 heterocycles. The Morgan fingerprint density at radius 1 is 1.14 bits per heavy atom. The molecule has 0 radical (unpaired) electrons. The summed E-state index contributed by atoms with van der Waals surface area (Å²) in [6.45, 7) is 2.05. The van der Waals surface area contributed by atoms with Gasteiger partial charge in [0.1, 0.15) is 11.5 Å². The number of carbonyl (C=O) groups is 1. The molecule has 184 valence electrons. The second-order valence-electron chi connectivity index (χ2n) is 8.86. The first kappa shape index (κ1) is 23.1. The summed E-state index contributed by atoms with van der Waals surface area (Å²) < 4.78 is 50.9. The normalized spacial score (nSPS) is 19.7. The Labute approximate surface area is 201 Å². The minimum Gasteiger partial charge on any atom is -0.497 e. The number of piperazine rings is 1. The van der Waals surface area contributed by atoms with E-state index < -0.39 is 17.7 Å². The maximum absolute atomic E-state index is 13.4. The van der Waals surface area contributed by atoms with Gasteiger partial charge < -0.3 is 24.3 Å². The van der Waals surface area contributed by atoms with Crippen molar-refractivity contribution in [1.82, 2.24) is 5.32 Å². The van der Waals surface area contributed by atoms with Crippen LogP contribution in [0.5, 0.6) is 5.75 Å². The standard InChI is InChI=1S/C26H26F3N3O3/c1-34-20-5-2-4-19(14-20)31-9-10-32-23-8-7-18(26(27,28)29)12-17(23)13-22(24(32)16-31)25(33)30-15-21-6-3-11-35-21/h2-8,11-12,14,22,24H,9-10,13,15-16H2,1H3,(H,30,33)/t22-,24+/m1/s1. The fourth-order valence-electron chi connectivity index (χ4n) is 5.06. The lowest BCUT2D eigenvalue weighted by Crippen LogP contribution is -2.61. The summed E-state index contributed by atoms with van der Waals surface area (Å²) in [4.78, 5) is 17.6. The van der Waals surface area contributed by atoms with Crippen LogP contribution in [0.4, 0.5) is 24.5 Å². The summed E-state index contributed by atoms with van der Waals surface area (Å²) in [5.41, 5.74) is 1.60. The summed E-state index contributed by atoms with van der Waals surface area (Å²) >= 11 is 0. The number of nitrogens with one attached hydrogen (secondary N) is 1. The summed E-state index contributed by atoms with van der Waals surface area (Å²) in [6.07, 6.45) is -2.67. The van der Waals surface area contributed by atoms with Crippen LogP contribution >= 0.6 is 0 Å². The van der Waals surface area contributed by atoms with Crippen LogP contribution in [0, 0.1) is 5.92 Å². The molecule has 0 spiro atoms. The van der Waals surface area contributed by atoms with Gasteiger partial charge in [-0.15, -0.1) is 0 Å². The van der Waals surface area contributed by atoms with Crippen molar-refractivity contribution < 1.29 is 27.1 Å². The predicted octanol–water partition coefficient (Wildman–Crippen LogP) is 4.49. The SMILES string of the molecule is COc1cccc(N2CCN3c4ccc(C(F)(F)F)cc4C[C@@H](C(=O)NCc4ccco4)[C@@H]3C2)c1. The minimum atomic E-state index is -4.44. The van der Waals surface area contributed by atoms with Crippen LogP contribution in [0.15, 0.2) is 65.3 Å². The van der Waals surface area contributed by atoms with E-state index in [1.54, 1.807) is 25.3 Å². The summed E-state index contributed by atoms with van der Waals surface area (Å²) in [5, 5.41) is 2.92. The number of rotatable bonds is 5. The molecule has 2 atom stereocenters. The highest BCUT2D eigenvalue weighted by Crippen LogP contribution is 2.40. The lowest BCUT2D eigenvalue weighted by molar-refractivity contribution is -0.137. The van der Waals surface area contributed by atoms with Crippen LogP contribution < -0.4 is 19.9 Å². The van der Waals surface area contributed by atoms with E-state index in [9.17, 15) is 18.0 Å². The van der Waals surface area contributed by atoms with Gasteiger partial charge in [0.2, 0.25) is 5.91 Å². The second kappa shape index (κ2) is 9.20. The molecular weight excluding hydrogens is 459 g/mol. The van der Waals surface area contributed by atoms with E-state index in [1.165, 1.54) is 12.3 Å². The number of furan rings is 1. The number of ether oxygens (including phenoxy) is 1. The number of hydrogen-bond donors (Lipinski definition) is 1. The Balaban J connectivity index is 1.45. The Morgan fingerprint density at radius 2 is 2.00 bits per heavy atom. The van der Waals surface area contributed by atoms with Gasteiger partial charge in [0.05, 0.1) is 37.4 Å². The van der Waals surface area contributed by atoms with Crippen molar-refractivity contribution in [1.29, 1.82) is 0 Å². The minimum absolute atomic E-state index is 0.198. The third-order valence-electron chi connectivity index (χ3n) is 6.81. The summed E-state index contributed by atoms with van der Waals surface area (Å²) in [5.74, 6) is 0.639. The maximum Gasteiger partial charge on any atom is 0.416 e. The van der Waals surface area contributed by atoms with Gasteiger partial charge in [0.15, 0.2) is 0 Å². The second-order valence-corrected chi connectivity index (χ2v) is 8.86. The van der Waals surface area contributed by atoms with Crippen molar-refractivity contribution in [2.24, 2.45) is 5.92 Å². The number of amides is 1. The highest BCUT2D eigenvalue weighted by atomic mass is 19.4. The molecular formula is C26H26F3N3O3. The highest BCUT2D eigenvalue weighted by Gasteiger charge is 2.42. The number of nitrogens with zero attached hydrogens (tertiary/aromatic N) is 2. The van der Waals surface area contributed by atoms with Crippen molar-refractivity contribution in [3.8, 4) is 5.75 Å². The molecule has 0 bridgehead atoms. The molecule has 1 fully saturated rings. The van der Waals surface area contributed by atoms with Gasteiger partial charge in [-0.05, 0) is 54.4 Å². The molecule has 0 unspecified atom stereocenters. The molecule has 1 N–H and O–H groups in total. The quantitative estimate of drug-likeness (QED) is 0.577. The van der Waals surface area contributed by atoms with Gasteiger partial charge in [0, 0.05) is 37.1 Å². The molecule has 1 amide bonds.